The van der Waals surface area contributed by atoms with E-state index < -0.39 is 5.92 Å². The Hall–Kier alpha value is -2.11. The van der Waals surface area contributed by atoms with Gasteiger partial charge in [-0.25, -0.2) is 0 Å². The number of esters is 1. The van der Waals surface area contributed by atoms with Crippen LogP contribution in [0.5, 0.6) is 0 Å². The zero-order chi connectivity index (χ0) is 14.5. The number of rotatable bonds is 6. The van der Waals surface area contributed by atoms with Crippen molar-refractivity contribution in [3.63, 3.8) is 0 Å². The van der Waals surface area contributed by atoms with Gasteiger partial charge >= 0.3 is 5.97 Å². The molecule has 0 amide bonds. The molecule has 1 unspecified atom stereocenters. The number of carbonyl (C=O) groups is 1. The van der Waals surface area contributed by atoms with Gasteiger partial charge in [0.25, 0.3) is 0 Å². The lowest BCUT2D eigenvalue weighted by molar-refractivity contribution is -0.146. The molecule has 0 bridgehead atoms. The number of hydrogen-bond donors (Lipinski definition) is 1. The van der Waals surface area contributed by atoms with Gasteiger partial charge in [-0.05, 0) is 31.4 Å². The van der Waals surface area contributed by atoms with E-state index in [-0.39, 0.29) is 5.97 Å². The first-order valence-electron chi connectivity index (χ1n) is 6.75. The lowest BCUT2D eigenvalue weighted by atomic mass is 9.97. The van der Waals surface area contributed by atoms with Crippen molar-refractivity contribution in [2.45, 2.75) is 33.1 Å². The molecule has 0 aliphatic rings. The molecule has 0 spiro atoms. The maximum atomic E-state index is 12.0. The smallest absolute Gasteiger partial charge is 0.318 e. The number of aromatic amines is 1. The minimum Gasteiger partial charge on any atom is -0.465 e. The average Bonchev–Trinajstić information content (AvgIpc) is 3.06. The number of hydrogen-bond acceptors (Lipinski definition) is 5. The molecular formula is C14H19N3O3. The molecular weight excluding hydrogens is 258 g/mol. The molecule has 1 atom stereocenters. The van der Waals surface area contributed by atoms with Crippen LogP contribution in [-0.2, 0) is 9.53 Å². The third-order valence-corrected chi connectivity index (χ3v) is 2.86. The normalized spacial score (nSPS) is 12.6. The fraction of sp³-hybridized carbons (Fsp3) is 0.500. The monoisotopic (exact) mass is 277 g/mol. The highest BCUT2D eigenvalue weighted by Gasteiger charge is 2.29. The summed E-state index contributed by atoms with van der Waals surface area (Å²) in [6, 6.07) is 3.69. The van der Waals surface area contributed by atoms with Gasteiger partial charge in [0.15, 0.2) is 0 Å². The molecule has 0 saturated heterocycles. The van der Waals surface area contributed by atoms with Crippen LogP contribution in [0.1, 0.15) is 39.0 Å². The molecule has 2 aromatic rings. The number of nitrogens with one attached hydrogen (secondary N) is 1. The van der Waals surface area contributed by atoms with Crippen molar-refractivity contribution < 1.29 is 14.1 Å². The SMILES string of the molecule is CCOC(=O)C(CC(C)C)c1nc(-c2ccc[nH]2)no1. The number of carbonyl (C=O) groups excluding carboxylic acids is 1. The van der Waals surface area contributed by atoms with Crippen LogP contribution in [0.15, 0.2) is 22.9 Å². The van der Waals surface area contributed by atoms with Gasteiger partial charge in [0.1, 0.15) is 5.92 Å². The molecule has 2 heterocycles. The molecule has 0 aliphatic heterocycles. The van der Waals surface area contributed by atoms with Crippen LogP contribution in [-0.4, -0.2) is 27.7 Å². The van der Waals surface area contributed by atoms with Gasteiger partial charge in [-0.15, -0.1) is 0 Å². The Labute approximate surface area is 117 Å². The lowest BCUT2D eigenvalue weighted by Gasteiger charge is -2.13. The Balaban J connectivity index is 2.22. The Morgan fingerprint density at radius 3 is 2.90 bits per heavy atom. The van der Waals surface area contributed by atoms with Crippen LogP contribution >= 0.6 is 0 Å². The molecule has 20 heavy (non-hydrogen) atoms. The van der Waals surface area contributed by atoms with Gasteiger partial charge in [-0.2, -0.15) is 4.98 Å². The van der Waals surface area contributed by atoms with Crippen LogP contribution in [0.2, 0.25) is 0 Å². The minimum absolute atomic E-state index is 0.307. The summed E-state index contributed by atoms with van der Waals surface area (Å²) in [4.78, 5) is 19.3. The maximum absolute atomic E-state index is 12.0. The standard InChI is InChI=1S/C14H19N3O3/c1-4-19-14(18)10(8-9(2)3)13-16-12(17-20-13)11-6-5-7-15-11/h5-7,9-10,15H,4,8H2,1-3H3. The highest BCUT2D eigenvalue weighted by atomic mass is 16.5. The number of H-pyrrole nitrogens is 1. The molecule has 108 valence electrons. The summed E-state index contributed by atoms with van der Waals surface area (Å²) in [5.74, 6) is 0.254. The predicted octanol–water partition coefficient (Wildman–Crippen LogP) is 2.76. The molecule has 0 fully saturated rings. The van der Waals surface area contributed by atoms with E-state index in [0.29, 0.717) is 30.7 Å². The summed E-state index contributed by atoms with van der Waals surface area (Å²) in [6.45, 7) is 6.19. The molecule has 0 aliphatic carbocycles. The molecule has 6 heteroatoms. The summed E-state index contributed by atoms with van der Waals surface area (Å²) < 4.78 is 10.3. The van der Waals surface area contributed by atoms with E-state index in [2.05, 4.69) is 15.1 Å². The largest absolute Gasteiger partial charge is 0.465 e. The summed E-state index contributed by atoms with van der Waals surface area (Å²) in [5, 5.41) is 3.90. The van der Waals surface area contributed by atoms with E-state index in [1.807, 2.05) is 26.0 Å². The minimum atomic E-state index is -0.508. The van der Waals surface area contributed by atoms with E-state index in [1.165, 1.54) is 0 Å². The molecule has 2 rings (SSSR count). The van der Waals surface area contributed by atoms with Gasteiger partial charge in [0, 0.05) is 6.20 Å². The van der Waals surface area contributed by atoms with Crippen molar-refractivity contribution in [1.29, 1.82) is 0 Å². The van der Waals surface area contributed by atoms with E-state index in [0.717, 1.165) is 5.69 Å². The zero-order valence-corrected chi connectivity index (χ0v) is 11.9. The first kappa shape index (κ1) is 14.3. The third-order valence-electron chi connectivity index (χ3n) is 2.86. The van der Waals surface area contributed by atoms with E-state index in [1.54, 1.807) is 13.1 Å². The Morgan fingerprint density at radius 1 is 1.50 bits per heavy atom. The summed E-state index contributed by atoms with van der Waals surface area (Å²) in [6.07, 6.45) is 2.40. The van der Waals surface area contributed by atoms with Crippen molar-refractivity contribution in [3.8, 4) is 11.5 Å². The van der Waals surface area contributed by atoms with Crippen LogP contribution in [0.25, 0.3) is 11.5 Å². The number of ether oxygens (including phenoxy) is 1. The molecule has 0 aromatic carbocycles. The van der Waals surface area contributed by atoms with E-state index >= 15 is 0 Å². The van der Waals surface area contributed by atoms with Crippen LogP contribution in [0.4, 0.5) is 0 Å². The second-order valence-electron chi connectivity index (χ2n) is 4.97. The van der Waals surface area contributed by atoms with E-state index in [9.17, 15) is 4.79 Å². The summed E-state index contributed by atoms with van der Waals surface area (Å²) >= 11 is 0. The second-order valence-corrected chi connectivity index (χ2v) is 4.97. The quantitative estimate of drug-likeness (QED) is 0.821. The van der Waals surface area contributed by atoms with Gasteiger partial charge in [-0.1, -0.05) is 19.0 Å². The third kappa shape index (κ3) is 3.26. The van der Waals surface area contributed by atoms with Crippen molar-refractivity contribution >= 4 is 5.97 Å². The highest BCUT2D eigenvalue weighted by molar-refractivity contribution is 5.76. The van der Waals surface area contributed by atoms with E-state index in [4.69, 9.17) is 9.26 Å². The molecule has 1 N–H and O–H groups in total. The molecule has 0 radical (unpaired) electrons. The van der Waals surface area contributed by atoms with Gasteiger partial charge in [0.05, 0.1) is 12.3 Å². The lowest BCUT2D eigenvalue weighted by Crippen LogP contribution is -2.18. The Bertz CT molecular complexity index is 546. The fourth-order valence-electron chi connectivity index (χ4n) is 1.97. The van der Waals surface area contributed by atoms with Gasteiger partial charge in [-0.3, -0.25) is 4.79 Å². The van der Waals surface area contributed by atoms with Crippen molar-refractivity contribution in [1.82, 2.24) is 15.1 Å². The fourth-order valence-corrected chi connectivity index (χ4v) is 1.97. The second kappa shape index (κ2) is 6.36. The van der Waals surface area contributed by atoms with Crippen molar-refractivity contribution in [2.24, 2.45) is 5.92 Å². The number of nitrogens with zero attached hydrogens (tertiary/aromatic N) is 2. The Morgan fingerprint density at radius 2 is 2.30 bits per heavy atom. The first-order chi connectivity index (χ1) is 9.61. The van der Waals surface area contributed by atoms with Gasteiger partial charge < -0.3 is 14.2 Å². The van der Waals surface area contributed by atoms with Crippen molar-refractivity contribution in [3.05, 3.63) is 24.2 Å². The van der Waals surface area contributed by atoms with Gasteiger partial charge in [0.2, 0.25) is 11.7 Å². The van der Waals surface area contributed by atoms with Crippen LogP contribution < -0.4 is 0 Å². The topological polar surface area (TPSA) is 81.0 Å². The summed E-state index contributed by atoms with van der Waals surface area (Å²) in [5.41, 5.74) is 0.757. The maximum Gasteiger partial charge on any atom is 0.318 e. The molecule has 6 nitrogen and oxygen atoms in total. The first-order valence-corrected chi connectivity index (χ1v) is 6.75. The van der Waals surface area contributed by atoms with Crippen LogP contribution in [0.3, 0.4) is 0 Å². The Kier molecular flexibility index (Phi) is 4.55. The van der Waals surface area contributed by atoms with Crippen molar-refractivity contribution in [2.75, 3.05) is 6.61 Å². The molecule has 0 saturated carbocycles. The zero-order valence-electron chi connectivity index (χ0n) is 11.9. The predicted molar refractivity (Wildman–Crippen MR) is 72.9 cm³/mol. The summed E-state index contributed by atoms with van der Waals surface area (Å²) in [7, 11) is 0. The van der Waals surface area contributed by atoms with Crippen LogP contribution in [0, 0.1) is 5.92 Å². The molecule has 2 aromatic heterocycles. The number of aromatic nitrogens is 3. The highest BCUT2D eigenvalue weighted by Crippen LogP contribution is 2.25. The average molecular weight is 277 g/mol.